The normalized spacial score (nSPS) is 15.1. The Balaban J connectivity index is 1.36. The number of likely N-dealkylation sites (tertiary alicyclic amines) is 1. The maximum Gasteiger partial charge on any atom is 0.253 e. The lowest BCUT2D eigenvalue weighted by atomic mass is 9.95. The standard InChI is InChI=1S/C20H23N5O2S/c1-3-25-12-16(11-21-25)23-19(26)14-6-8-24(9-7-14)20(27)15-4-5-18-17(10-15)22-13(2)28-18/h4-5,10-12,14H,3,6-9H2,1-2H3,(H,23,26). The predicted octanol–water partition coefficient (Wildman–Crippen LogP) is 3.31. The highest BCUT2D eigenvalue weighted by Crippen LogP contribution is 2.25. The summed E-state index contributed by atoms with van der Waals surface area (Å²) in [5.41, 5.74) is 2.25. The number of carbonyl (C=O) groups excluding carboxylic acids is 2. The molecule has 1 saturated heterocycles. The minimum Gasteiger partial charge on any atom is -0.339 e. The summed E-state index contributed by atoms with van der Waals surface area (Å²) in [4.78, 5) is 31.7. The second-order valence-electron chi connectivity index (χ2n) is 7.06. The lowest BCUT2D eigenvalue weighted by Gasteiger charge is -2.31. The van der Waals surface area contributed by atoms with E-state index in [4.69, 9.17) is 0 Å². The Morgan fingerprint density at radius 2 is 2.07 bits per heavy atom. The van der Waals surface area contributed by atoms with E-state index >= 15 is 0 Å². The fourth-order valence-electron chi connectivity index (χ4n) is 3.55. The van der Waals surface area contributed by atoms with E-state index in [1.165, 1.54) is 0 Å². The summed E-state index contributed by atoms with van der Waals surface area (Å²) < 4.78 is 2.87. The third kappa shape index (κ3) is 3.77. The number of aromatic nitrogens is 3. The van der Waals surface area contributed by atoms with Crippen LogP contribution < -0.4 is 5.32 Å². The second-order valence-corrected chi connectivity index (χ2v) is 8.29. The lowest BCUT2D eigenvalue weighted by Crippen LogP contribution is -2.41. The van der Waals surface area contributed by atoms with Crippen LogP contribution in [0.15, 0.2) is 30.6 Å². The van der Waals surface area contributed by atoms with Crippen molar-refractivity contribution in [2.75, 3.05) is 18.4 Å². The molecule has 3 aromatic rings. The van der Waals surface area contributed by atoms with Crippen molar-refractivity contribution in [1.29, 1.82) is 0 Å². The number of thiazole rings is 1. The van der Waals surface area contributed by atoms with Gasteiger partial charge in [-0.2, -0.15) is 5.10 Å². The van der Waals surface area contributed by atoms with Crippen molar-refractivity contribution in [3.63, 3.8) is 0 Å². The molecule has 3 heterocycles. The van der Waals surface area contributed by atoms with Crippen molar-refractivity contribution >= 4 is 39.1 Å². The molecular formula is C20H23N5O2S. The third-order valence-corrected chi connectivity index (χ3v) is 6.07. The topological polar surface area (TPSA) is 80.1 Å². The zero-order chi connectivity index (χ0) is 19.7. The van der Waals surface area contributed by atoms with Gasteiger partial charge in [-0.25, -0.2) is 4.98 Å². The van der Waals surface area contributed by atoms with Crippen molar-refractivity contribution in [2.24, 2.45) is 5.92 Å². The van der Waals surface area contributed by atoms with Gasteiger partial charge in [0.2, 0.25) is 5.91 Å². The van der Waals surface area contributed by atoms with Crippen molar-refractivity contribution < 1.29 is 9.59 Å². The van der Waals surface area contributed by atoms with Crippen molar-refractivity contribution in [3.05, 3.63) is 41.2 Å². The highest BCUT2D eigenvalue weighted by molar-refractivity contribution is 7.18. The molecule has 8 heteroatoms. The summed E-state index contributed by atoms with van der Waals surface area (Å²) in [6, 6.07) is 5.70. The number of anilines is 1. The fourth-order valence-corrected chi connectivity index (χ4v) is 4.36. The molecule has 1 aliphatic rings. The highest BCUT2D eigenvalue weighted by Gasteiger charge is 2.28. The third-order valence-electron chi connectivity index (χ3n) is 5.12. The van der Waals surface area contributed by atoms with Crippen LogP contribution in [-0.4, -0.2) is 44.6 Å². The molecule has 0 saturated carbocycles. The van der Waals surface area contributed by atoms with E-state index in [-0.39, 0.29) is 17.7 Å². The van der Waals surface area contributed by atoms with Crippen LogP contribution in [0.2, 0.25) is 0 Å². The molecule has 2 amide bonds. The average molecular weight is 398 g/mol. The Kier molecular flexibility index (Phi) is 5.13. The van der Waals surface area contributed by atoms with Gasteiger partial charge in [0.15, 0.2) is 0 Å². The van der Waals surface area contributed by atoms with Crippen LogP contribution in [0.4, 0.5) is 5.69 Å². The molecular weight excluding hydrogens is 374 g/mol. The zero-order valence-corrected chi connectivity index (χ0v) is 16.8. The van der Waals surface area contributed by atoms with Gasteiger partial charge in [0, 0.05) is 37.3 Å². The number of aryl methyl sites for hydroxylation is 2. The highest BCUT2D eigenvalue weighted by atomic mass is 32.1. The van der Waals surface area contributed by atoms with Gasteiger partial charge in [-0.05, 0) is 44.9 Å². The molecule has 2 aromatic heterocycles. The van der Waals surface area contributed by atoms with Gasteiger partial charge < -0.3 is 10.2 Å². The smallest absolute Gasteiger partial charge is 0.253 e. The summed E-state index contributed by atoms with van der Waals surface area (Å²) in [6.45, 7) is 5.90. The predicted molar refractivity (Wildman–Crippen MR) is 110 cm³/mol. The van der Waals surface area contributed by atoms with E-state index in [9.17, 15) is 9.59 Å². The number of nitrogens with one attached hydrogen (secondary N) is 1. The Labute approximate surface area is 167 Å². The molecule has 0 spiro atoms. The average Bonchev–Trinajstić information content (AvgIpc) is 3.31. The Hall–Kier alpha value is -2.74. The Morgan fingerprint density at radius 3 is 2.79 bits per heavy atom. The summed E-state index contributed by atoms with van der Waals surface area (Å²) >= 11 is 1.63. The summed E-state index contributed by atoms with van der Waals surface area (Å²) in [5, 5.41) is 8.10. The summed E-state index contributed by atoms with van der Waals surface area (Å²) in [7, 11) is 0. The number of fused-ring (bicyclic) bond motifs is 1. The molecule has 1 fully saturated rings. The molecule has 0 radical (unpaired) electrons. The molecule has 0 atom stereocenters. The molecule has 0 bridgehead atoms. The van der Waals surface area contributed by atoms with E-state index in [1.54, 1.807) is 22.2 Å². The molecule has 28 heavy (non-hydrogen) atoms. The van der Waals surface area contributed by atoms with Crippen LogP contribution in [0.5, 0.6) is 0 Å². The van der Waals surface area contributed by atoms with Gasteiger partial charge in [-0.1, -0.05) is 0 Å². The van der Waals surface area contributed by atoms with E-state index < -0.39 is 0 Å². The molecule has 1 aromatic carbocycles. The molecule has 1 aliphatic heterocycles. The van der Waals surface area contributed by atoms with Crippen LogP contribution in [-0.2, 0) is 11.3 Å². The fraction of sp³-hybridized carbons (Fsp3) is 0.400. The first kappa shape index (κ1) is 18.6. The number of hydrogen-bond acceptors (Lipinski definition) is 5. The number of piperidine rings is 1. The number of carbonyl (C=O) groups is 2. The maximum atomic E-state index is 12.8. The van der Waals surface area contributed by atoms with Gasteiger partial charge in [0.05, 0.1) is 27.1 Å². The molecule has 4 rings (SSSR count). The molecule has 0 unspecified atom stereocenters. The number of benzene rings is 1. The van der Waals surface area contributed by atoms with E-state index in [1.807, 2.05) is 43.1 Å². The number of hydrogen-bond donors (Lipinski definition) is 1. The number of nitrogens with zero attached hydrogens (tertiary/aromatic N) is 4. The largest absolute Gasteiger partial charge is 0.339 e. The summed E-state index contributed by atoms with van der Waals surface area (Å²) in [5.74, 6) is -0.0737. The van der Waals surface area contributed by atoms with Crippen LogP contribution in [0, 0.1) is 12.8 Å². The molecule has 1 N–H and O–H groups in total. The molecule has 146 valence electrons. The number of amides is 2. The minimum atomic E-state index is -0.0855. The van der Waals surface area contributed by atoms with Crippen molar-refractivity contribution in [3.8, 4) is 0 Å². The van der Waals surface area contributed by atoms with Crippen LogP contribution in [0.25, 0.3) is 10.2 Å². The van der Waals surface area contributed by atoms with Crippen molar-refractivity contribution in [1.82, 2.24) is 19.7 Å². The van der Waals surface area contributed by atoms with Crippen LogP contribution in [0.1, 0.15) is 35.1 Å². The minimum absolute atomic E-state index is 0.00196. The second kappa shape index (κ2) is 7.71. The first-order chi connectivity index (χ1) is 13.5. The van der Waals surface area contributed by atoms with Gasteiger partial charge in [0.1, 0.15) is 0 Å². The first-order valence-corrected chi connectivity index (χ1v) is 10.3. The monoisotopic (exact) mass is 397 g/mol. The van der Waals surface area contributed by atoms with Crippen LogP contribution >= 0.6 is 11.3 Å². The van der Waals surface area contributed by atoms with Gasteiger partial charge in [-0.3, -0.25) is 14.3 Å². The maximum absolute atomic E-state index is 12.8. The molecule has 0 aliphatic carbocycles. The summed E-state index contributed by atoms with van der Waals surface area (Å²) in [6.07, 6.45) is 4.82. The Morgan fingerprint density at radius 1 is 1.29 bits per heavy atom. The zero-order valence-electron chi connectivity index (χ0n) is 16.0. The Bertz CT molecular complexity index is 1020. The first-order valence-electron chi connectivity index (χ1n) is 9.53. The van der Waals surface area contributed by atoms with E-state index in [2.05, 4.69) is 15.4 Å². The van der Waals surface area contributed by atoms with Gasteiger partial charge in [0.25, 0.3) is 5.91 Å². The van der Waals surface area contributed by atoms with Crippen LogP contribution in [0.3, 0.4) is 0 Å². The van der Waals surface area contributed by atoms with E-state index in [0.29, 0.717) is 31.5 Å². The number of rotatable bonds is 4. The van der Waals surface area contributed by atoms with Gasteiger partial charge >= 0.3 is 0 Å². The quantitative estimate of drug-likeness (QED) is 0.732. The lowest BCUT2D eigenvalue weighted by molar-refractivity contribution is -0.121. The SMILES string of the molecule is CCn1cc(NC(=O)C2CCN(C(=O)c3ccc4sc(C)nc4c3)CC2)cn1. The molecule has 7 nitrogen and oxygen atoms in total. The van der Waals surface area contributed by atoms with Crippen molar-refractivity contribution in [2.45, 2.75) is 33.2 Å². The van der Waals surface area contributed by atoms with E-state index in [0.717, 1.165) is 27.5 Å². The van der Waals surface area contributed by atoms with Gasteiger partial charge in [-0.15, -0.1) is 11.3 Å².